The fraction of sp³-hybridized carbons (Fsp3) is 0.385. The number of nitrogens with one attached hydrogen (secondary N) is 1. The van der Waals surface area contributed by atoms with Crippen LogP contribution in [0.15, 0.2) is 30.4 Å². The molecular formula is C13H17F2NO2. The minimum Gasteiger partial charge on any atom is -0.493 e. The number of hydrogen-bond donors (Lipinski definition) is 1. The van der Waals surface area contributed by atoms with Crippen molar-refractivity contribution in [3.05, 3.63) is 35.9 Å². The van der Waals surface area contributed by atoms with Crippen LogP contribution in [-0.2, 0) is 6.54 Å². The van der Waals surface area contributed by atoms with Crippen LogP contribution in [0.3, 0.4) is 0 Å². The fourth-order valence-corrected chi connectivity index (χ4v) is 1.49. The zero-order valence-corrected chi connectivity index (χ0v) is 10.5. The SMILES string of the molecule is C=C(C)CNCc1cccc(OC)c1OC(F)F. The Bertz CT molecular complexity index is 408. The molecule has 0 saturated carbocycles. The first-order valence-electron chi connectivity index (χ1n) is 5.50. The van der Waals surface area contributed by atoms with Crippen molar-refractivity contribution in [1.29, 1.82) is 0 Å². The van der Waals surface area contributed by atoms with Crippen molar-refractivity contribution in [2.45, 2.75) is 20.1 Å². The Morgan fingerprint density at radius 2 is 2.17 bits per heavy atom. The van der Waals surface area contributed by atoms with E-state index in [4.69, 9.17) is 4.74 Å². The number of hydrogen-bond acceptors (Lipinski definition) is 3. The van der Waals surface area contributed by atoms with Crippen LogP contribution in [0.2, 0.25) is 0 Å². The minimum atomic E-state index is -2.87. The maximum atomic E-state index is 12.4. The molecular weight excluding hydrogens is 240 g/mol. The van der Waals surface area contributed by atoms with Crippen molar-refractivity contribution in [2.24, 2.45) is 0 Å². The van der Waals surface area contributed by atoms with E-state index in [-0.39, 0.29) is 5.75 Å². The van der Waals surface area contributed by atoms with E-state index in [9.17, 15) is 8.78 Å². The van der Waals surface area contributed by atoms with Crippen LogP contribution in [0.4, 0.5) is 8.78 Å². The third-order valence-electron chi connectivity index (χ3n) is 2.23. The Balaban J connectivity index is 2.84. The minimum absolute atomic E-state index is 0.0733. The quantitative estimate of drug-likeness (QED) is 0.762. The summed E-state index contributed by atoms with van der Waals surface area (Å²) in [6, 6.07) is 5.03. The summed E-state index contributed by atoms with van der Waals surface area (Å²) in [4.78, 5) is 0. The van der Waals surface area contributed by atoms with Crippen molar-refractivity contribution < 1.29 is 18.3 Å². The summed E-state index contributed by atoms with van der Waals surface area (Å²) in [7, 11) is 1.42. The van der Waals surface area contributed by atoms with Crippen LogP contribution in [0.5, 0.6) is 11.5 Å². The number of rotatable bonds is 7. The number of ether oxygens (including phenoxy) is 2. The molecule has 0 radical (unpaired) electrons. The summed E-state index contributed by atoms with van der Waals surface area (Å²) in [5, 5.41) is 3.09. The number of para-hydroxylation sites is 1. The van der Waals surface area contributed by atoms with Gasteiger partial charge in [-0.1, -0.05) is 24.3 Å². The van der Waals surface area contributed by atoms with Gasteiger partial charge in [-0.2, -0.15) is 8.78 Å². The van der Waals surface area contributed by atoms with E-state index >= 15 is 0 Å². The van der Waals surface area contributed by atoms with Crippen molar-refractivity contribution in [1.82, 2.24) is 5.32 Å². The molecule has 0 fully saturated rings. The third-order valence-corrected chi connectivity index (χ3v) is 2.23. The zero-order valence-electron chi connectivity index (χ0n) is 10.5. The van der Waals surface area contributed by atoms with E-state index in [0.717, 1.165) is 5.57 Å². The van der Waals surface area contributed by atoms with Gasteiger partial charge in [0.05, 0.1) is 7.11 Å². The van der Waals surface area contributed by atoms with Crippen LogP contribution in [0.25, 0.3) is 0 Å². The molecule has 1 aromatic carbocycles. The summed E-state index contributed by atoms with van der Waals surface area (Å²) < 4.78 is 34.2. The summed E-state index contributed by atoms with van der Waals surface area (Å²) in [6.45, 7) is 3.79. The Morgan fingerprint density at radius 1 is 1.44 bits per heavy atom. The predicted molar refractivity (Wildman–Crippen MR) is 66.1 cm³/mol. The zero-order chi connectivity index (χ0) is 13.5. The highest BCUT2D eigenvalue weighted by Gasteiger charge is 2.14. The van der Waals surface area contributed by atoms with E-state index < -0.39 is 6.61 Å². The number of halogens is 2. The first kappa shape index (κ1) is 14.4. The lowest BCUT2D eigenvalue weighted by Gasteiger charge is -2.14. The van der Waals surface area contributed by atoms with Crippen LogP contribution in [-0.4, -0.2) is 20.3 Å². The highest BCUT2D eigenvalue weighted by molar-refractivity contribution is 5.46. The standard InChI is InChI=1S/C13H17F2NO2/c1-9(2)7-16-8-10-5-4-6-11(17-3)12(10)18-13(14)15/h4-6,13,16H,1,7-8H2,2-3H3. The topological polar surface area (TPSA) is 30.5 Å². The Hall–Kier alpha value is -1.62. The monoisotopic (exact) mass is 257 g/mol. The van der Waals surface area contributed by atoms with Gasteiger partial charge in [0.2, 0.25) is 0 Å². The number of methoxy groups -OCH3 is 1. The molecule has 0 saturated heterocycles. The molecule has 3 nitrogen and oxygen atoms in total. The van der Waals surface area contributed by atoms with Gasteiger partial charge in [-0.15, -0.1) is 0 Å². The molecule has 1 N–H and O–H groups in total. The average Bonchev–Trinajstić information content (AvgIpc) is 2.30. The molecule has 0 bridgehead atoms. The van der Waals surface area contributed by atoms with Gasteiger partial charge in [0.1, 0.15) is 0 Å². The first-order chi connectivity index (χ1) is 8.54. The summed E-state index contributed by atoms with van der Waals surface area (Å²) in [5.41, 5.74) is 1.59. The van der Waals surface area contributed by atoms with Gasteiger partial charge >= 0.3 is 6.61 Å². The predicted octanol–water partition coefficient (Wildman–Crippen LogP) is 2.96. The van der Waals surface area contributed by atoms with Crippen LogP contribution in [0.1, 0.15) is 12.5 Å². The van der Waals surface area contributed by atoms with Crippen LogP contribution in [0, 0.1) is 0 Å². The number of alkyl halides is 2. The van der Waals surface area contributed by atoms with E-state index in [1.165, 1.54) is 7.11 Å². The maximum Gasteiger partial charge on any atom is 0.387 e. The normalized spacial score (nSPS) is 10.5. The second kappa shape index (κ2) is 6.96. The molecule has 1 rings (SSSR count). The molecule has 0 aliphatic heterocycles. The third kappa shape index (κ3) is 4.33. The van der Waals surface area contributed by atoms with Crippen LogP contribution < -0.4 is 14.8 Å². The van der Waals surface area contributed by atoms with Crippen LogP contribution >= 0.6 is 0 Å². The molecule has 0 spiro atoms. The van der Waals surface area contributed by atoms with E-state index in [1.807, 2.05) is 6.92 Å². The lowest BCUT2D eigenvalue weighted by atomic mass is 10.2. The van der Waals surface area contributed by atoms with Gasteiger partial charge in [-0.05, 0) is 13.0 Å². The summed E-state index contributed by atoms with van der Waals surface area (Å²) >= 11 is 0. The lowest BCUT2D eigenvalue weighted by Crippen LogP contribution is -2.16. The van der Waals surface area contributed by atoms with Gasteiger partial charge in [0.15, 0.2) is 11.5 Å². The molecule has 100 valence electrons. The van der Waals surface area contributed by atoms with E-state index in [2.05, 4.69) is 16.6 Å². The lowest BCUT2D eigenvalue weighted by molar-refractivity contribution is -0.0518. The highest BCUT2D eigenvalue weighted by Crippen LogP contribution is 2.32. The molecule has 0 unspecified atom stereocenters. The Morgan fingerprint density at radius 3 is 2.72 bits per heavy atom. The Labute approximate surface area is 105 Å². The van der Waals surface area contributed by atoms with Crippen molar-refractivity contribution in [2.75, 3.05) is 13.7 Å². The molecule has 1 aromatic rings. The van der Waals surface area contributed by atoms with Crippen molar-refractivity contribution >= 4 is 0 Å². The summed E-state index contributed by atoms with van der Waals surface area (Å²) in [5.74, 6) is 0.370. The second-order valence-electron chi connectivity index (χ2n) is 3.89. The fourth-order valence-electron chi connectivity index (χ4n) is 1.49. The molecule has 0 amide bonds. The van der Waals surface area contributed by atoms with Gasteiger partial charge in [-0.25, -0.2) is 0 Å². The first-order valence-corrected chi connectivity index (χ1v) is 5.50. The highest BCUT2D eigenvalue weighted by atomic mass is 19.3. The largest absolute Gasteiger partial charge is 0.493 e. The molecule has 5 heteroatoms. The maximum absolute atomic E-state index is 12.4. The van der Waals surface area contributed by atoms with Gasteiger partial charge < -0.3 is 14.8 Å². The molecule has 0 aromatic heterocycles. The van der Waals surface area contributed by atoms with Crippen molar-refractivity contribution in [3.63, 3.8) is 0 Å². The summed E-state index contributed by atoms with van der Waals surface area (Å²) in [6.07, 6.45) is 0. The van der Waals surface area contributed by atoms with Gasteiger partial charge in [0.25, 0.3) is 0 Å². The molecule has 0 aliphatic carbocycles. The number of benzene rings is 1. The van der Waals surface area contributed by atoms with Gasteiger partial charge in [-0.3, -0.25) is 0 Å². The van der Waals surface area contributed by atoms with E-state index in [0.29, 0.717) is 24.4 Å². The molecule has 0 atom stereocenters. The Kier molecular flexibility index (Phi) is 5.58. The molecule has 0 aliphatic rings. The van der Waals surface area contributed by atoms with Crippen molar-refractivity contribution in [3.8, 4) is 11.5 Å². The smallest absolute Gasteiger partial charge is 0.387 e. The van der Waals surface area contributed by atoms with E-state index in [1.54, 1.807) is 18.2 Å². The molecule has 18 heavy (non-hydrogen) atoms. The second-order valence-corrected chi connectivity index (χ2v) is 3.89. The average molecular weight is 257 g/mol. The molecule has 0 heterocycles. The van der Waals surface area contributed by atoms with Gasteiger partial charge in [0, 0.05) is 18.7 Å².